The largest absolute Gasteiger partial charge is 0.488 e. The average Bonchev–Trinajstić information content (AvgIpc) is 2.67. The highest BCUT2D eigenvalue weighted by Gasteiger charge is 2.08. The van der Waals surface area contributed by atoms with Crippen molar-refractivity contribution in [2.75, 3.05) is 6.54 Å². The van der Waals surface area contributed by atoms with Crippen LogP contribution in [-0.2, 0) is 19.6 Å². The van der Waals surface area contributed by atoms with Gasteiger partial charge in [-0.3, -0.25) is 0 Å². The van der Waals surface area contributed by atoms with Crippen molar-refractivity contribution in [3.8, 4) is 5.75 Å². The van der Waals surface area contributed by atoms with Crippen LogP contribution < -0.4 is 10.1 Å². The zero-order chi connectivity index (χ0) is 19.1. The number of benzene rings is 3. The number of rotatable bonds is 8. The van der Waals surface area contributed by atoms with Gasteiger partial charge in [0.25, 0.3) is 0 Å². The second-order valence-electron chi connectivity index (χ2n) is 6.15. The fraction of sp³-hybridized carbons (Fsp3) is 0.182. The molecule has 0 saturated heterocycles. The lowest BCUT2D eigenvalue weighted by Crippen LogP contribution is -2.18. The van der Waals surface area contributed by atoms with E-state index in [1.165, 1.54) is 12.1 Å². The second-order valence-corrected chi connectivity index (χ2v) is 7.07. The van der Waals surface area contributed by atoms with Gasteiger partial charge < -0.3 is 10.1 Å². The topological polar surface area (TPSA) is 21.3 Å². The van der Waals surface area contributed by atoms with Gasteiger partial charge >= 0.3 is 0 Å². The number of halogens is 3. The Labute approximate surface area is 166 Å². The molecule has 0 amide bonds. The zero-order valence-electron chi connectivity index (χ0n) is 14.7. The van der Waals surface area contributed by atoms with Crippen molar-refractivity contribution < 1.29 is 13.5 Å². The van der Waals surface area contributed by atoms with E-state index in [9.17, 15) is 8.78 Å². The Morgan fingerprint density at radius 1 is 0.815 bits per heavy atom. The third kappa shape index (κ3) is 5.62. The Bertz CT molecular complexity index is 901. The molecular formula is C22H20BrF2NO. The van der Waals surface area contributed by atoms with Gasteiger partial charge in [0.05, 0.1) is 0 Å². The Hall–Kier alpha value is -2.24. The number of ether oxygens (including phenoxy) is 1. The van der Waals surface area contributed by atoms with Gasteiger partial charge in [-0.15, -0.1) is 0 Å². The fourth-order valence-corrected chi connectivity index (χ4v) is 3.15. The van der Waals surface area contributed by atoms with Gasteiger partial charge in [-0.25, -0.2) is 8.78 Å². The van der Waals surface area contributed by atoms with Gasteiger partial charge in [0.15, 0.2) is 0 Å². The standard InChI is InChI=1S/C22H20BrF2NO/c23-19-9-10-22(27-15-17-6-2-4-8-21(17)25)18(13-19)14-26-12-11-16-5-1-3-7-20(16)24/h1-10,13,26H,11-12,14-15H2. The summed E-state index contributed by atoms with van der Waals surface area (Å²) >= 11 is 3.47. The molecule has 3 rings (SSSR count). The van der Waals surface area contributed by atoms with Gasteiger partial charge in [0, 0.05) is 22.1 Å². The van der Waals surface area contributed by atoms with E-state index < -0.39 is 0 Å². The van der Waals surface area contributed by atoms with E-state index >= 15 is 0 Å². The SMILES string of the molecule is Fc1ccccc1CCNCc1cc(Br)ccc1OCc1ccccc1F. The van der Waals surface area contributed by atoms with Crippen molar-refractivity contribution in [2.24, 2.45) is 0 Å². The summed E-state index contributed by atoms with van der Waals surface area (Å²) in [6, 6.07) is 19.1. The maximum Gasteiger partial charge on any atom is 0.129 e. The van der Waals surface area contributed by atoms with Crippen LogP contribution in [0.25, 0.3) is 0 Å². The molecular weight excluding hydrogens is 412 g/mol. The molecule has 3 aromatic rings. The molecule has 140 valence electrons. The summed E-state index contributed by atoms with van der Waals surface area (Å²) in [5.41, 5.74) is 2.16. The molecule has 0 saturated carbocycles. The van der Waals surface area contributed by atoms with Crippen LogP contribution in [0.15, 0.2) is 71.2 Å². The molecule has 1 N–H and O–H groups in total. The molecule has 0 unspecified atom stereocenters. The molecule has 0 atom stereocenters. The maximum atomic E-state index is 13.8. The van der Waals surface area contributed by atoms with E-state index in [-0.39, 0.29) is 18.2 Å². The molecule has 2 nitrogen and oxygen atoms in total. The lowest BCUT2D eigenvalue weighted by Gasteiger charge is -2.13. The monoisotopic (exact) mass is 431 g/mol. The molecule has 0 aliphatic carbocycles. The summed E-state index contributed by atoms with van der Waals surface area (Å²) in [6.07, 6.45) is 0.603. The van der Waals surface area contributed by atoms with Crippen LogP contribution in [0.3, 0.4) is 0 Å². The van der Waals surface area contributed by atoms with E-state index in [0.29, 0.717) is 36.4 Å². The first-order chi connectivity index (χ1) is 13.1. The van der Waals surface area contributed by atoms with E-state index in [2.05, 4.69) is 21.2 Å². The summed E-state index contributed by atoms with van der Waals surface area (Å²) < 4.78 is 34.2. The van der Waals surface area contributed by atoms with Gasteiger partial charge in [-0.1, -0.05) is 52.3 Å². The van der Waals surface area contributed by atoms with Crippen LogP contribution in [0.4, 0.5) is 8.78 Å². The molecule has 0 spiro atoms. The van der Waals surface area contributed by atoms with Crippen molar-refractivity contribution in [1.29, 1.82) is 0 Å². The zero-order valence-corrected chi connectivity index (χ0v) is 16.3. The first kappa shape index (κ1) is 19.5. The van der Waals surface area contributed by atoms with Crippen molar-refractivity contribution in [1.82, 2.24) is 5.32 Å². The molecule has 0 aliphatic rings. The molecule has 27 heavy (non-hydrogen) atoms. The Morgan fingerprint density at radius 2 is 1.48 bits per heavy atom. The molecule has 0 heterocycles. The van der Waals surface area contributed by atoms with Gasteiger partial charge in [0.1, 0.15) is 24.0 Å². The predicted molar refractivity (Wildman–Crippen MR) is 107 cm³/mol. The minimum Gasteiger partial charge on any atom is -0.488 e. The van der Waals surface area contributed by atoms with Crippen LogP contribution in [0.5, 0.6) is 5.75 Å². The van der Waals surface area contributed by atoms with Crippen LogP contribution in [0.1, 0.15) is 16.7 Å². The Kier molecular flexibility index (Phi) is 6.96. The predicted octanol–water partition coefficient (Wildman–Crippen LogP) is 5.64. The second kappa shape index (κ2) is 9.62. The highest BCUT2D eigenvalue weighted by Crippen LogP contribution is 2.24. The van der Waals surface area contributed by atoms with Gasteiger partial charge in [-0.05, 0) is 48.9 Å². The maximum absolute atomic E-state index is 13.8. The van der Waals surface area contributed by atoms with Crippen molar-refractivity contribution in [2.45, 2.75) is 19.6 Å². The van der Waals surface area contributed by atoms with Gasteiger partial charge in [-0.2, -0.15) is 0 Å². The van der Waals surface area contributed by atoms with Crippen LogP contribution in [0.2, 0.25) is 0 Å². The smallest absolute Gasteiger partial charge is 0.129 e. The average molecular weight is 432 g/mol. The normalized spacial score (nSPS) is 10.8. The molecule has 0 bridgehead atoms. The molecule has 0 aliphatic heterocycles. The van der Waals surface area contributed by atoms with E-state index in [1.807, 2.05) is 24.3 Å². The number of hydrogen-bond donors (Lipinski definition) is 1. The molecule has 0 radical (unpaired) electrons. The summed E-state index contributed by atoms with van der Waals surface area (Å²) in [5.74, 6) is 0.231. The first-order valence-corrected chi connectivity index (χ1v) is 9.51. The van der Waals surface area contributed by atoms with Crippen molar-refractivity contribution in [3.63, 3.8) is 0 Å². The molecule has 3 aromatic carbocycles. The molecule has 0 fully saturated rings. The number of nitrogens with one attached hydrogen (secondary N) is 1. The third-order valence-electron chi connectivity index (χ3n) is 4.21. The number of hydrogen-bond acceptors (Lipinski definition) is 2. The summed E-state index contributed by atoms with van der Waals surface area (Å²) in [4.78, 5) is 0. The molecule has 5 heteroatoms. The highest BCUT2D eigenvalue weighted by atomic mass is 79.9. The summed E-state index contributed by atoms with van der Waals surface area (Å²) in [5, 5.41) is 3.31. The quantitative estimate of drug-likeness (QED) is 0.466. The Morgan fingerprint density at radius 3 is 2.19 bits per heavy atom. The molecule has 0 aromatic heterocycles. The summed E-state index contributed by atoms with van der Waals surface area (Å²) in [6.45, 7) is 1.37. The third-order valence-corrected chi connectivity index (χ3v) is 4.70. The van der Waals surface area contributed by atoms with E-state index in [0.717, 1.165) is 10.0 Å². The van der Waals surface area contributed by atoms with Crippen LogP contribution >= 0.6 is 15.9 Å². The van der Waals surface area contributed by atoms with Crippen LogP contribution in [0, 0.1) is 11.6 Å². The van der Waals surface area contributed by atoms with E-state index in [4.69, 9.17) is 4.74 Å². The minimum atomic E-state index is -0.279. The first-order valence-electron chi connectivity index (χ1n) is 8.72. The lowest BCUT2D eigenvalue weighted by molar-refractivity contribution is 0.296. The van der Waals surface area contributed by atoms with E-state index in [1.54, 1.807) is 30.3 Å². The van der Waals surface area contributed by atoms with Crippen molar-refractivity contribution in [3.05, 3.63) is 99.5 Å². The highest BCUT2D eigenvalue weighted by molar-refractivity contribution is 9.10. The van der Waals surface area contributed by atoms with Crippen LogP contribution in [-0.4, -0.2) is 6.54 Å². The lowest BCUT2D eigenvalue weighted by atomic mass is 10.1. The van der Waals surface area contributed by atoms with Gasteiger partial charge in [0.2, 0.25) is 0 Å². The summed E-state index contributed by atoms with van der Waals surface area (Å²) in [7, 11) is 0. The minimum absolute atomic E-state index is 0.163. The Balaban J connectivity index is 1.59. The van der Waals surface area contributed by atoms with Crippen molar-refractivity contribution >= 4 is 15.9 Å². The fourth-order valence-electron chi connectivity index (χ4n) is 2.75.